The van der Waals surface area contributed by atoms with E-state index in [1.165, 1.54) is 19.2 Å². The van der Waals surface area contributed by atoms with Crippen molar-refractivity contribution in [1.82, 2.24) is 0 Å². The molecule has 0 N–H and O–H groups in total. The van der Waals surface area contributed by atoms with Crippen molar-refractivity contribution in [2.75, 3.05) is 7.11 Å². The van der Waals surface area contributed by atoms with Gasteiger partial charge in [-0.05, 0) is 22.0 Å². The van der Waals surface area contributed by atoms with E-state index in [2.05, 4.69) is 15.9 Å². The Labute approximate surface area is 88.2 Å². The van der Waals surface area contributed by atoms with Gasteiger partial charge in [0.25, 0.3) is 5.69 Å². The number of nitro benzene ring substituents is 1. The maximum Gasteiger partial charge on any atom is 0.287 e. The van der Waals surface area contributed by atoms with Gasteiger partial charge in [0.1, 0.15) is 11.8 Å². The van der Waals surface area contributed by atoms with E-state index in [1.54, 1.807) is 0 Å². The minimum atomic E-state index is -0.548. The number of halogens is 1. The second kappa shape index (κ2) is 4.07. The maximum absolute atomic E-state index is 10.5. The summed E-state index contributed by atoms with van der Waals surface area (Å²) in [4.78, 5) is 9.98. The third-order valence-electron chi connectivity index (χ3n) is 1.59. The van der Waals surface area contributed by atoms with E-state index < -0.39 is 4.92 Å². The standard InChI is InChI=1S/C8H5BrN2O3/c1-14-8-3-7(11(12)13)6(9)2-5(8)4-10/h2-3H,1H3. The Balaban J connectivity index is 3.39. The number of methoxy groups -OCH3 is 1. The van der Waals surface area contributed by atoms with Crippen molar-refractivity contribution in [3.8, 4) is 11.8 Å². The molecule has 0 aliphatic heterocycles. The number of ether oxygens (including phenoxy) is 1. The Hall–Kier alpha value is -1.61. The highest BCUT2D eigenvalue weighted by molar-refractivity contribution is 9.10. The van der Waals surface area contributed by atoms with Crippen LogP contribution < -0.4 is 4.74 Å². The smallest absolute Gasteiger partial charge is 0.287 e. The minimum Gasteiger partial charge on any atom is -0.495 e. The zero-order valence-corrected chi connectivity index (χ0v) is 8.74. The molecule has 72 valence electrons. The Bertz CT molecular complexity index is 425. The summed E-state index contributed by atoms with van der Waals surface area (Å²) in [6.45, 7) is 0. The summed E-state index contributed by atoms with van der Waals surface area (Å²) in [5.41, 5.74) is 0.130. The van der Waals surface area contributed by atoms with E-state index in [1.807, 2.05) is 6.07 Å². The van der Waals surface area contributed by atoms with Gasteiger partial charge in [-0.1, -0.05) is 0 Å². The Kier molecular flexibility index (Phi) is 3.04. The molecule has 0 aliphatic carbocycles. The summed E-state index contributed by atoms with van der Waals surface area (Å²) in [5, 5.41) is 19.2. The number of nitrogens with zero attached hydrogens (tertiary/aromatic N) is 2. The number of nitro groups is 1. The summed E-state index contributed by atoms with van der Waals surface area (Å²) >= 11 is 3.00. The van der Waals surface area contributed by atoms with Gasteiger partial charge >= 0.3 is 0 Å². The number of hydrogen-bond acceptors (Lipinski definition) is 4. The fraction of sp³-hybridized carbons (Fsp3) is 0.125. The second-order valence-electron chi connectivity index (χ2n) is 2.37. The van der Waals surface area contributed by atoms with E-state index in [-0.39, 0.29) is 21.5 Å². The summed E-state index contributed by atoms with van der Waals surface area (Å²) in [7, 11) is 1.35. The van der Waals surface area contributed by atoms with Gasteiger partial charge in [-0.25, -0.2) is 0 Å². The van der Waals surface area contributed by atoms with Crippen LogP contribution in [-0.2, 0) is 0 Å². The highest BCUT2D eigenvalue weighted by Crippen LogP contribution is 2.31. The van der Waals surface area contributed by atoms with Gasteiger partial charge in [0.2, 0.25) is 0 Å². The van der Waals surface area contributed by atoms with E-state index in [0.717, 1.165) is 0 Å². The lowest BCUT2D eigenvalue weighted by molar-refractivity contribution is -0.385. The number of rotatable bonds is 2. The summed E-state index contributed by atoms with van der Waals surface area (Å²) in [5.74, 6) is 0.197. The zero-order chi connectivity index (χ0) is 10.7. The Morgan fingerprint density at radius 1 is 1.64 bits per heavy atom. The molecule has 14 heavy (non-hydrogen) atoms. The van der Waals surface area contributed by atoms with Crippen molar-refractivity contribution >= 4 is 21.6 Å². The molecule has 1 aromatic rings. The molecular formula is C8H5BrN2O3. The van der Waals surface area contributed by atoms with Gasteiger partial charge in [-0.3, -0.25) is 10.1 Å². The third-order valence-corrected chi connectivity index (χ3v) is 2.22. The highest BCUT2D eigenvalue weighted by atomic mass is 79.9. The van der Waals surface area contributed by atoms with Crippen LogP contribution in [0.4, 0.5) is 5.69 Å². The second-order valence-corrected chi connectivity index (χ2v) is 3.23. The van der Waals surface area contributed by atoms with Crippen LogP contribution in [0.3, 0.4) is 0 Å². The van der Waals surface area contributed by atoms with Crippen LogP contribution in [0, 0.1) is 21.4 Å². The van der Waals surface area contributed by atoms with Crippen molar-refractivity contribution in [3.63, 3.8) is 0 Å². The van der Waals surface area contributed by atoms with E-state index in [9.17, 15) is 10.1 Å². The van der Waals surface area contributed by atoms with Crippen molar-refractivity contribution in [2.24, 2.45) is 0 Å². The predicted molar refractivity (Wildman–Crippen MR) is 52.1 cm³/mol. The van der Waals surface area contributed by atoms with Crippen molar-refractivity contribution in [1.29, 1.82) is 5.26 Å². The average Bonchev–Trinajstić information content (AvgIpc) is 2.16. The van der Waals surface area contributed by atoms with Crippen LogP contribution in [-0.4, -0.2) is 12.0 Å². The molecule has 0 saturated heterocycles. The highest BCUT2D eigenvalue weighted by Gasteiger charge is 2.16. The molecule has 0 saturated carbocycles. The number of nitriles is 1. The fourth-order valence-electron chi connectivity index (χ4n) is 0.939. The molecule has 0 atom stereocenters. The molecule has 0 unspecified atom stereocenters. The van der Waals surface area contributed by atoms with Gasteiger partial charge in [-0.15, -0.1) is 0 Å². The first-order chi connectivity index (χ1) is 6.60. The zero-order valence-electron chi connectivity index (χ0n) is 7.15. The quantitative estimate of drug-likeness (QED) is 0.601. The predicted octanol–water partition coefficient (Wildman–Crippen LogP) is 2.24. The summed E-state index contributed by atoms with van der Waals surface area (Å²) in [6, 6.07) is 4.44. The van der Waals surface area contributed by atoms with Crippen molar-refractivity contribution < 1.29 is 9.66 Å². The van der Waals surface area contributed by atoms with Gasteiger partial charge in [0.15, 0.2) is 0 Å². The van der Waals surface area contributed by atoms with E-state index in [4.69, 9.17) is 10.00 Å². The minimum absolute atomic E-state index is 0.124. The van der Waals surface area contributed by atoms with Crippen LogP contribution >= 0.6 is 15.9 Å². The lowest BCUT2D eigenvalue weighted by atomic mass is 10.2. The molecule has 0 spiro atoms. The average molecular weight is 257 g/mol. The molecule has 0 bridgehead atoms. The molecule has 5 nitrogen and oxygen atoms in total. The van der Waals surface area contributed by atoms with Crippen LogP contribution in [0.5, 0.6) is 5.75 Å². The SMILES string of the molecule is COc1cc([N+](=O)[O-])c(Br)cc1C#N. The molecule has 1 aromatic carbocycles. The van der Waals surface area contributed by atoms with Gasteiger partial charge in [-0.2, -0.15) is 5.26 Å². The van der Waals surface area contributed by atoms with Crippen molar-refractivity contribution in [3.05, 3.63) is 32.3 Å². The number of hydrogen-bond donors (Lipinski definition) is 0. The first kappa shape index (κ1) is 10.5. The molecule has 6 heteroatoms. The molecule has 1 rings (SSSR count). The summed E-state index contributed by atoms with van der Waals surface area (Å²) < 4.78 is 5.10. The molecule has 0 aromatic heterocycles. The topological polar surface area (TPSA) is 76.2 Å². The summed E-state index contributed by atoms with van der Waals surface area (Å²) in [6.07, 6.45) is 0. The van der Waals surface area contributed by atoms with Crippen LogP contribution in [0.2, 0.25) is 0 Å². The van der Waals surface area contributed by atoms with Crippen LogP contribution in [0.1, 0.15) is 5.56 Å². The van der Waals surface area contributed by atoms with Gasteiger partial charge in [0, 0.05) is 0 Å². The van der Waals surface area contributed by atoms with E-state index in [0.29, 0.717) is 0 Å². The monoisotopic (exact) mass is 256 g/mol. The lowest BCUT2D eigenvalue weighted by Gasteiger charge is -2.02. The molecule has 0 fully saturated rings. The van der Waals surface area contributed by atoms with Gasteiger partial charge < -0.3 is 4.74 Å². The lowest BCUT2D eigenvalue weighted by Crippen LogP contribution is -1.94. The van der Waals surface area contributed by atoms with E-state index >= 15 is 0 Å². The Morgan fingerprint density at radius 3 is 2.71 bits per heavy atom. The normalized spacial score (nSPS) is 9.21. The molecule has 0 heterocycles. The largest absolute Gasteiger partial charge is 0.495 e. The molecule has 0 aliphatic rings. The maximum atomic E-state index is 10.5. The molecule has 0 amide bonds. The fourth-order valence-corrected chi connectivity index (χ4v) is 1.43. The molecule has 0 radical (unpaired) electrons. The third kappa shape index (κ3) is 1.83. The van der Waals surface area contributed by atoms with Gasteiger partial charge in [0.05, 0.1) is 28.1 Å². The van der Waals surface area contributed by atoms with Crippen LogP contribution in [0.25, 0.3) is 0 Å². The number of benzene rings is 1. The van der Waals surface area contributed by atoms with Crippen LogP contribution in [0.15, 0.2) is 16.6 Å². The first-order valence-electron chi connectivity index (χ1n) is 3.52. The molecular weight excluding hydrogens is 252 g/mol. The Morgan fingerprint density at radius 2 is 2.29 bits per heavy atom. The first-order valence-corrected chi connectivity index (χ1v) is 4.31. The van der Waals surface area contributed by atoms with Crippen molar-refractivity contribution in [2.45, 2.75) is 0 Å².